The van der Waals surface area contributed by atoms with Crippen LogP contribution in [0.5, 0.6) is 0 Å². The van der Waals surface area contributed by atoms with E-state index >= 15 is 0 Å². The third-order valence-corrected chi connectivity index (χ3v) is 8.36. The number of carbonyl (C=O) groups is 2. The van der Waals surface area contributed by atoms with Gasteiger partial charge in [0.15, 0.2) is 0 Å². The summed E-state index contributed by atoms with van der Waals surface area (Å²) in [5.41, 5.74) is 3.02. The molecular weight excluding hydrogens is 516 g/mol. The first kappa shape index (κ1) is 28.4. The van der Waals surface area contributed by atoms with Crippen molar-refractivity contribution in [3.05, 3.63) is 65.4 Å². The average Bonchev–Trinajstić information content (AvgIpc) is 3.73. The van der Waals surface area contributed by atoms with Crippen molar-refractivity contribution in [3.8, 4) is 11.1 Å². The fraction of sp³-hybridized carbons (Fsp3) is 0.414. The van der Waals surface area contributed by atoms with Crippen LogP contribution in [0.1, 0.15) is 49.9 Å². The number of amides is 2. The molecule has 2 N–H and O–H groups in total. The standard InChI is InChI=1S/C29H36N4O5S/c1-18(2)15-25(27(34)30-5)33(29(35)23-12-13-23)17-21-11-14-24(22-9-7-6-8-10-22)26(16-21)39(36,37)32-28-19(3)20(4)31-38-28/h6-11,14,16,18,23,25,32H,12-13,15,17H2,1-5H3,(H,30,34)/t25-/m0/s1. The molecule has 1 aliphatic carbocycles. The normalized spacial score (nSPS) is 14.2. The Hall–Kier alpha value is -3.66. The van der Waals surface area contributed by atoms with Crippen molar-refractivity contribution in [1.29, 1.82) is 0 Å². The number of hydrogen-bond acceptors (Lipinski definition) is 6. The summed E-state index contributed by atoms with van der Waals surface area (Å²) < 4.78 is 35.2. The molecule has 1 aliphatic rings. The first-order valence-corrected chi connectivity index (χ1v) is 14.7. The second kappa shape index (κ2) is 11.6. The molecule has 1 aromatic heterocycles. The molecule has 1 saturated carbocycles. The van der Waals surface area contributed by atoms with Crippen molar-refractivity contribution >= 4 is 27.7 Å². The highest BCUT2D eigenvalue weighted by Crippen LogP contribution is 2.35. The molecule has 1 fully saturated rings. The van der Waals surface area contributed by atoms with Crippen LogP contribution in [0.2, 0.25) is 0 Å². The van der Waals surface area contributed by atoms with Crippen LogP contribution in [0.4, 0.5) is 5.88 Å². The van der Waals surface area contributed by atoms with Gasteiger partial charge in [0.25, 0.3) is 10.0 Å². The van der Waals surface area contributed by atoms with Gasteiger partial charge in [0.05, 0.1) is 10.6 Å². The van der Waals surface area contributed by atoms with E-state index in [0.29, 0.717) is 28.8 Å². The molecule has 10 heteroatoms. The van der Waals surface area contributed by atoms with Crippen LogP contribution in [-0.2, 0) is 26.2 Å². The van der Waals surface area contributed by atoms with Crippen molar-refractivity contribution in [2.24, 2.45) is 11.8 Å². The summed E-state index contributed by atoms with van der Waals surface area (Å²) in [6.07, 6.45) is 2.09. The highest BCUT2D eigenvalue weighted by molar-refractivity contribution is 7.92. The van der Waals surface area contributed by atoms with Gasteiger partial charge in [-0.15, -0.1) is 0 Å². The lowest BCUT2D eigenvalue weighted by molar-refractivity contribution is -0.142. The van der Waals surface area contributed by atoms with E-state index in [1.165, 1.54) is 0 Å². The molecule has 0 radical (unpaired) electrons. The summed E-state index contributed by atoms with van der Waals surface area (Å²) in [6.45, 7) is 7.59. The number of aromatic nitrogens is 1. The van der Waals surface area contributed by atoms with Gasteiger partial charge in [0.2, 0.25) is 17.7 Å². The predicted molar refractivity (Wildman–Crippen MR) is 149 cm³/mol. The van der Waals surface area contributed by atoms with Crippen molar-refractivity contribution in [3.63, 3.8) is 0 Å². The van der Waals surface area contributed by atoms with E-state index in [1.807, 2.05) is 50.2 Å². The number of anilines is 1. The number of rotatable bonds is 11. The van der Waals surface area contributed by atoms with Crippen LogP contribution in [0.15, 0.2) is 57.9 Å². The Bertz CT molecular complexity index is 1450. The van der Waals surface area contributed by atoms with E-state index in [0.717, 1.165) is 18.4 Å². The summed E-state index contributed by atoms with van der Waals surface area (Å²) in [7, 11) is -2.55. The van der Waals surface area contributed by atoms with Crippen LogP contribution in [0.25, 0.3) is 11.1 Å². The molecular formula is C29H36N4O5S. The van der Waals surface area contributed by atoms with Gasteiger partial charge in [0.1, 0.15) is 6.04 Å². The van der Waals surface area contributed by atoms with Gasteiger partial charge in [-0.05, 0) is 56.2 Å². The number of nitrogens with one attached hydrogen (secondary N) is 2. The summed E-state index contributed by atoms with van der Waals surface area (Å²) in [4.78, 5) is 28.0. The molecule has 4 rings (SSSR count). The van der Waals surface area contributed by atoms with Crippen molar-refractivity contribution in [2.45, 2.75) is 64.4 Å². The van der Waals surface area contributed by atoms with Gasteiger partial charge in [0, 0.05) is 30.6 Å². The number of likely N-dealkylation sites (N-methyl/N-ethyl adjacent to an activating group) is 1. The number of carbonyl (C=O) groups excluding carboxylic acids is 2. The zero-order valence-corrected chi connectivity index (χ0v) is 23.8. The Morgan fingerprint density at radius 3 is 2.36 bits per heavy atom. The Kier molecular flexibility index (Phi) is 8.44. The Balaban J connectivity index is 1.78. The van der Waals surface area contributed by atoms with Crippen molar-refractivity contribution < 1.29 is 22.5 Å². The molecule has 0 aliphatic heterocycles. The number of benzene rings is 2. The van der Waals surface area contributed by atoms with Crippen molar-refractivity contribution in [1.82, 2.24) is 15.4 Å². The van der Waals surface area contributed by atoms with Gasteiger partial charge < -0.3 is 14.7 Å². The zero-order chi connectivity index (χ0) is 28.3. The molecule has 1 heterocycles. The van der Waals surface area contributed by atoms with Gasteiger partial charge in [-0.3, -0.25) is 9.59 Å². The SMILES string of the molecule is CNC(=O)[C@H](CC(C)C)N(Cc1ccc(-c2ccccc2)c(S(=O)(=O)Nc2onc(C)c2C)c1)C(=O)C1CC1. The number of aryl methyl sites for hydroxylation is 1. The number of hydrogen-bond donors (Lipinski definition) is 2. The van der Waals surface area contributed by atoms with E-state index in [-0.39, 0.29) is 41.0 Å². The Morgan fingerprint density at radius 1 is 1.10 bits per heavy atom. The predicted octanol–water partition coefficient (Wildman–Crippen LogP) is 4.66. The topological polar surface area (TPSA) is 122 Å². The molecule has 9 nitrogen and oxygen atoms in total. The maximum absolute atomic E-state index is 13.7. The molecule has 1 atom stereocenters. The lowest BCUT2D eigenvalue weighted by Crippen LogP contribution is -2.49. The summed E-state index contributed by atoms with van der Waals surface area (Å²) >= 11 is 0. The minimum atomic E-state index is -4.11. The van der Waals surface area contributed by atoms with E-state index in [2.05, 4.69) is 15.2 Å². The molecule has 2 amide bonds. The summed E-state index contributed by atoms with van der Waals surface area (Å²) in [6, 6.07) is 13.7. The summed E-state index contributed by atoms with van der Waals surface area (Å²) in [5.74, 6) is -0.179. The van der Waals surface area contributed by atoms with Crippen LogP contribution >= 0.6 is 0 Å². The number of nitrogens with zero attached hydrogens (tertiary/aromatic N) is 2. The van der Waals surface area contributed by atoms with Crippen LogP contribution in [0, 0.1) is 25.7 Å². The van der Waals surface area contributed by atoms with E-state index < -0.39 is 16.1 Å². The fourth-order valence-electron chi connectivity index (χ4n) is 4.52. The highest BCUT2D eigenvalue weighted by Gasteiger charge is 2.39. The van der Waals surface area contributed by atoms with E-state index in [9.17, 15) is 18.0 Å². The van der Waals surface area contributed by atoms with Crippen molar-refractivity contribution in [2.75, 3.05) is 11.8 Å². The van der Waals surface area contributed by atoms with Crippen LogP contribution < -0.4 is 10.0 Å². The Morgan fingerprint density at radius 2 is 1.79 bits per heavy atom. The minimum Gasteiger partial charge on any atom is -0.357 e. The quantitative estimate of drug-likeness (QED) is 0.357. The Labute approximate surface area is 230 Å². The van der Waals surface area contributed by atoms with Gasteiger partial charge in [-0.2, -0.15) is 0 Å². The second-order valence-corrected chi connectivity index (χ2v) is 12.2. The minimum absolute atomic E-state index is 0.0406. The lowest BCUT2D eigenvalue weighted by atomic mass is 9.99. The molecule has 0 unspecified atom stereocenters. The third-order valence-electron chi connectivity index (χ3n) is 6.99. The van der Waals surface area contributed by atoms with Gasteiger partial charge >= 0.3 is 0 Å². The van der Waals surface area contributed by atoms with E-state index in [1.54, 1.807) is 37.9 Å². The summed E-state index contributed by atoms with van der Waals surface area (Å²) in [5, 5.41) is 6.55. The average molecular weight is 553 g/mol. The molecule has 0 spiro atoms. The largest absolute Gasteiger partial charge is 0.357 e. The molecule has 0 saturated heterocycles. The molecule has 39 heavy (non-hydrogen) atoms. The fourth-order valence-corrected chi connectivity index (χ4v) is 5.85. The first-order chi connectivity index (χ1) is 18.5. The zero-order valence-electron chi connectivity index (χ0n) is 23.0. The molecule has 208 valence electrons. The monoisotopic (exact) mass is 552 g/mol. The molecule has 3 aromatic rings. The highest BCUT2D eigenvalue weighted by atomic mass is 32.2. The van der Waals surface area contributed by atoms with Crippen LogP contribution in [-0.4, -0.2) is 43.4 Å². The first-order valence-electron chi connectivity index (χ1n) is 13.2. The maximum Gasteiger partial charge on any atom is 0.264 e. The smallest absolute Gasteiger partial charge is 0.264 e. The van der Waals surface area contributed by atoms with Gasteiger partial charge in [-0.25, -0.2) is 13.1 Å². The maximum atomic E-state index is 13.7. The lowest BCUT2D eigenvalue weighted by Gasteiger charge is -2.32. The van der Waals surface area contributed by atoms with Crippen LogP contribution in [0.3, 0.4) is 0 Å². The second-order valence-electron chi connectivity index (χ2n) is 10.5. The molecule has 0 bridgehead atoms. The number of sulfonamides is 1. The van der Waals surface area contributed by atoms with E-state index in [4.69, 9.17) is 4.52 Å². The van der Waals surface area contributed by atoms with Gasteiger partial charge in [-0.1, -0.05) is 61.5 Å². The molecule has 2 aromatic carbocycles. The third kappa shape index (κ3) is 6.50.